The molecule has 0 aromatic heterocycles. The van der Waals surface area contributed by atoms with Crippen LogP contribution in [0.4, 0.5) is 0 Å². The number of nitrogens with zero attached hydrogens (tertiary/aromatic N) is 1. The molecule has 0 aromatic rings. The zero-order chi connectivity index (χ0) is 21.0. The number of nitrogens with one attached hydrogen (secondary N) is 1. The molecule has 0 heterocycles. The van der Waals surface area contributed by atoms with Crippen molar-refractivity contribution in [2.45, 2.75) is 71.1 Å². The van der Waals surface area contributed by atoms with Gasteiger partial charge in [-0.15, -0.1) is 0 Å². The molecule has 0 aliphatic rings. The number of rotatable bonds is 15. The van der Waals surface area contributed by atoms with E-state index in [4.69, 9.17) is 15.9 Å². The number of allylic oxidation sites excluding steroid dienone is 6. The summed E-state index contributed by atoms with van der Waals surface area (Å²) < 4.78 is 4.70. The smallest absolute Gasteiger partial charge is 0.333 e. The SMILES string of the molecule is CC/C=C\C/C=C\C/C=C\CCCCCCCC(=O)OC(=O)CN(C)C(=N)N. The Bertz CT molecular complexity index is 539. The molecule has 0 bridgehead atoms. The van der Waals surface area contributed by atoms with E-state index in [9.17, 15) is 9.59 Å². The summed E-state index contributed by atoms with van der Waals surface area (Å²) in [5.41, 5.74) is 5.22. The van der Waals surface area contributed by atoms with Crippen molar-refractivity contribution in [2.24, 2.45) is 5.73 Å². The van der Waals surface area contributed by atoms with Crippen molar-refractivity contribution < 1.29 is 14.3 Å². The Morgan fingerprint density at radius 2 is 1.46 bits per heavy atom. The Balaban J connectivity index is 3.52. The summed E-state index contributed by atoms with van der Waals surface area (Å²) in [5.74, 6) is -1.43. The number of carbonyl (C=O) groups is 2. The van der Waals surface area contributed by atoms with Crippen molar-refractivity contribution in [3.05, 3.63) is 36.5 Å². The predicted octanol–water partition coefficient (Wildman–Crippen LogP) is 4.47. The predicted molar refractivity (Wildman–Crippen MR) is 115 cm³/mol. The lowest BCUT2D eigenvalue weighted by molar-refractivity contribution is -0.159. The molecule has 6 heteroatoms. The number of hydrogen-bond acceptors (Lipinski definition) is 4. The molecule has 0 rings (SSSR count). The van der Waals surface area contributed by atoms with Gasteiger partial charge in [0, 0.05) is 13.5 Å². The maximum atomic E-state index is 11.6. The highest BCUT2D eigenvalue weighted by molar-refractivity contribution is 5.88. The number of hydrogen-bond donors (Lipinski definition) is 2. The summed E-state index contributed by atoms with van der Waals surface area (Å²) in [6.45, 7) is 1.94. The quantitative estimate of drug-likeness (QED) is 0.107. The third-order valence-electron chi connectivity index (χ3n) is 4.04. The van der Waals surface area contributed by atoms with Gasteiger partial charge in [0.2, 0.25) is 0 Å². The van der Waals surface area contributed by atoms with E-state index in [2.05, 4.69) is 43.4 Å². The lowest BCUT2D eigenvalue weighted by atomic mass is 10.1. The van der Waals surface area contributed by atoms with E-state index >= 15 is 0 Å². The van der Waals surface area contributed by atoms with Crippen molar-refractivity contribution in [2.75, 3.05) is 13.6 Å². The summed E-state index contributed by atoms with van der Waals surface area (Å²) >= 11 is 0. The lowest BCUT2D eigenvalue weighted by Gasteiger charge is -2.14. The number of nitrogens with two attached hydrogens (primary N) is 1. The van der Waals surface area contributed by atoms with Gasteiger partial charge in [-0.05, 0) is 38.5 Å². The molecule has 0 aliphatic heterocycles. The maximum absolute atomic E-state index is 11.6. The average Bonchev–Trinajstić information content (AvgIpc) is 2.64. The van der Waals surface area contributed by atoms with E-state index in [0.717, 1.165) is 57.8 Å². The van der Waals surface area contributed by atoms with Gasteiger partial charge in [-0.2, -0.15) is 0 Å². The third-order valence-corrected chi connectivity index (χ3v) is 4.04. The van der Waals surface area contributed by atoms with E-state index in [1.54, 1.807) is 0 Å². The number of esters is 2. The van der Waals surface area contributed by atoms with Crippen LogP contribution in [-0.4, -0.2) is 36.4 Å². The molecule has 158 valence electrons. The van der Waals surface area contributed by atoms with Crippen molar-refractivity contribution in [3.8, 4) is 0 Å². The van der Waals surface area contributed by atoms with Crippen molar-refractivity contribution in [3.63, 3.8) is 0 Å². The zero-order valence-corrected chi connectivity index (χ0v) is 17.5. The van der Waals surface area contributed by atoms with Crippen LogP contribution in [0.25, 0.3) is 0 Å². The van der Waals surface area contributed by atoms with E-state index in [1.165, 1.54) is 11.9 Å². The summed E-state index contributed by atoms with van der Waals surface area (Å²) in [7, 11) is 1.49. The second kappa shape index (κ2) is 18.0. The molecule has 0 aromatic carbocycles. The van der Waals surface area contributed by atoms with Crippen LogP contribution in [0.5, 0.6) is 0 Å². The Labute approximate surface area is 170 Å². The van der Waals surface area contributed by atoms with Crippen molar-refractivity contribution in [1.82, 2.24) is 4.90 Å². The number of unbranched alkanes of at least 4 members (excludes halogenated alkanes) is 5. The van der Waals surface area contributed by atoms with Crippen LogP contribution in [0.2, 0.25) is 0 Å². The zero-order valence-electron chi connectivity index (χ0n) is 17.5. The molecule has 0 atom stereocenters. The number of likely N-dealkylation sites (N-methyl/N-ethyl adjacent to an activating group) is 1. The first-order chi connectivity index (χ1) is 13.5. The Morgan fingerprint density at radius 3 is 2.11 bits per heavy atom. The normalized spacial score (nSPS) is 11.5. The Kier molecular flexibility index (Phi) is 16.5. The fourth-order valence-electron chi connectivity index (χ4n) is 2.38. The highest BCUT2D eigenvalue weighted by Gasteiger charge is 2.13. The number of guanidine groups is 1. The fraction of sp³-hybridized carbons (Fsp3) is 0.591. The molecular weight excluding hydrogens is 354 g/mol. The molecule has 3 N–H and O–H groups in total. The van der Waals surface area contributed by atoms with Crippen molar-refractivity contribution >= 4 is 17.9 Å². The van der Waals surface area contributed by atoms with Gasteiger partial charge in [0.1, 0.15) is 6.54 Å². The van der Waals surface area contributed by atoms with Gasteiger partial charge < -0.3 is 15.4 Å². The molecule has 0 amide bonds. The number of carbonyl (C=O) groups excluding carboxylic acids is 2. The topological polar surface area (TPSA) is 96.5 Å². The summed E-state index contributed by atoms with van der Waals surface area (Å²) in [6, 6.07) is 0. The van der Waals surface area contributed by atoms with Crippen LogP contribution in [0.3, 0.4) is 0 Å². The second-order valence-corrected chi connectivity index (χ2v) is 6.69. The summed E-state index contributed by atoms with van der Waals surface area (Å²) in [5, 5.41) is 7.15. The molecule has 0 spiro atoms. The molecule has 0 saturated heterocycles. The fourth-order valence-corrected chi connectivity index (χ4v) is 2.38. The molecule has 0 aliphatic carbocycles. The second-order valence-electron chi connectivity index (χ2n) is 6.69. The van der Waals surface area contributed by atoms with E-state index in [-0.39, 0.29) is 18.9 Å². The molecule has 28 heavy (non-hydrogen) atoms. The summed E-state index contributed by atoms with van der Waals surface area (Å²) in [4.78, 5) is 24.3. The first-order valence-electron chi connectivity index (χ1n) is 10.2. The van der Waals surface area contributed by atoms with Crippen LogP contribution < -0.4 is 5.73 Å². The van der Waals surface area contributed by atoms with Gasteiger partial charge in [-0.3, -0.25) is 10.2 Å². The van der Waals surface area contributed by atoms with Gasteiger partial charge in [-0.25, -0.2) is 4.79 Å². The van der Waals surface area contributed by atoms with Crippen LogP contribution >= 0.6 is 0 Å². The van der Waals surface area contributed by atoms with Gasteiger partial charge in [0.15, 0.2) is 5.96 Å². The first-order valence-corrected chi connectivity index (χ1v) is 10.2. The lowest BCUT2D eigenvalue weighted by Crippen LogP contribution is -2.37. The average molecular weight is 392 g/mol. The Hall–Kier alpha value is -2.37. The van der Waals surface area contributed by atoms with Crippen LogP contribution in [0.1, 0.15) is 71.1 Å². The van der Waals surface area contributed by atoms with Crippen LogP contribution in [0, 0.1) is 5.41 Å². The van der Waals surface area contributed by atoms with Gasteiger partial charge in [0.25, 0.3) is 0 Å². The minimum Gasteiger partial charge on any atom is -0.392 e. The van der Waals surface area contributed by atoms with E-state index in [1.807, 2.05) is 0 Å². The van der Waals surface area contributed by atoms with Crippen LogP contribution in [-0.2, 0) is 14.3 Å². The molecule has 6 nitrogen and oxygen atoms in total. The van der Waals surface area contributed by atoms with Crippen molar-refractivity contribution in [1.29, 1.82) is 5.41 Å². The first kappa shape index (κ1) is 25.6. The van der Waals surface area contributed by atoms with E-state index in [0.29, 0.717) is 0 Å². The monoisotopic (exact) mass is 391 g/mol. The highest BCUT2D eigenvalue weighted by Crippen LogP contribution is 2.08. The maximum Gasteiger partial charge on any atom is 0.333 e. The van der Waals surface area contributed by atoms with Crippen LogP contribution in [0.15, 0.2) is 36.5 Å². The Morgan fingerprint density at radius 1 is 0.893 bits per heavy atom. The minimum absolute atomic E-state index is 0.194. The third kappa shape index (κ3) is 17.1. The summed E-state index contributed by atoms with van der Waals surface area (Å²) in [6.07, 6.45) is 22.7. The van der Waals surface area contributed by atoms with Gasteiger partial charge >= 0.3 is 11.9 Å². The molecule has 0 saturated carbocycles. The molecule has 0 fully saturated rings. The molecule has 0 unspecified atom stereocenters. The van der Waals surface area contributed by atoms with E-state index < -0.39 is 11.9 Å². The minimum atomic E-state index is -0.679. The highest BCUT2D eigenvalue weighted by atomic mass is 16.6. The largest absolute Gasteiger partial charge is 0.392 e. The molecular formula is C22H37N3O3. The standard InChI is InChI=1S/C22H37N3O3/c1-3-4-5-6-7-8-9-10-11-12-13-14-15-16-17-18-20(26)28-21(27)19-25(2)22(23)24/h4-5,7-8,10-11H,3,6,9,12-19H2,1-2H3,(H3,23,24)/b5-4-,8-7-,11-10-. The molecule has 0 radical (unpaired) electrons. The van der Waals surface area contributed by atoms with Gasteiger partial charge in [0.05, 0.1) is 0 Å². The number of ether oxygens (including phenoxy) is 1. The van der Waals surface area contributed by atoms with Gasteiger partial charge in [-0.1, -0.05) is 62.6 Å².